The highest BCUT2D eigenvalue weighted by Gasteiger charge is 2.32. The molecule has 4 rings (SSSR count). The summed E-state index contributed by atoms with van der Waals surface area (Å²) in [4.78, 5) is 28.4. The number of hydrogen-bond donors (Lipinski definition) is 1. The number of hydrogen-bond acceptors (Lipinski definition) is 4. The number of furan rings is 1. The molecule has 0 aliphatic carbocycles. The second-order valence-corrected chi connectivity index (χ2v) is 7.86. The lowest BCUT2D eigenvalue weighted by Crippen LogP contribution is -2.45. The van der Waals surface area contributed by atoms with Gasteiger partial charge in [0.1, 0.15) is 23.4 Å². The van der Waals surface area contributed by atoms with Gasteiger partial charge in [0.2, 0.25) is 5.91 Å². The molecule has 7 heteroatoms. The van der Waals surface area contributed by atoms with E-state index < -0.39 is 6.04 Å². The van der Waals surface area contributed by atoms with Gasteiger partial charge in [-0.1, -0.05) is 60.7 Å². The van der Waals surface area contributed by atoms with Crippen molar-refractivity contribution in [3.8, 4) is 5.75 Å². The number of benzene rings is 3. The highest BCUT2D eigenvalue weighted by molar-refractivity contribution is 5.89. The Bertz CT molecular complexity index is 1210. The van der Waals surface area contributed by atoms with Gasteiger partial charge in [0.25, 0.3) is 5.91 Å². The summed E-state index contributed by atoms with van der Waals surface area (Å²) in [5.41, 5.74) is 1.32. The predicted molar refractivity (Wildman–Crippen MR) is 129 cm³/mol. The molecule has 0 spiro atoms. The lowest BCUT2D eigenvalue weighted by atomic mass is 10.0. The van der Waals surface area contributed by atoms with Gasteiger partial charge >= 0.3 is 0 Å². The Morgan fingerprint density at radius 2 is 1.57 bits per heavy atom. The molecule has 3 aromatic carbocycles. The monoisotopic (exact) mass is 472 g/mol. The van der Waals surface area contributed by atoms with E-state index in [9.17, 15) is 14.0 Å². The first-order valence-electron chi connectivity index (χ1n) is 11.2. The number of nitrogens with zero attached hydrogens (tertiary/aromatic N) is 1. The van der Waals surface area contributed by atoms with E-state index >= 15 is 0 Å². The maximum Gasteiger partial charge on any atom is 0.261 e. The summed E-state index contributed by atoms with van der Waals surface area (Å²) in [5.74, 6) is -0.00659. The van der Waals surface area contributed by atoms with Crippen LogP contribution in [0.25, 0.3) is 0 Å². The third-order valence-corrected chi connectivity index (χ3v) is 5.38. The SMILES string of the molecule is O=C(NCc1ccco1)[C@H](c1ccccc1)N(Cc1ccc(F)cc1)C(=O)COc1ccccc1. The van der Waals surface area contributed by atoms with Crippen LogP contribution in [0.1, 0.15) is 22.9 Å². The van der Waals surface area contributed by atoms with E-state index in [0.717, 1.165) is 0 Å². The number of para-hydroxylation sites is 1. The lowest BCUT2D eigenvalue weighted by molar-refractivity contribution is -0.143. The first kappa shape index (κ1) is 23.8. The number of halogens is 1. The first-order valence-corrected chi connectivity index (χ1v) is 11.2. The van der Waals surface area contributed by atoms with Crippen molar-refractivity contribution in [2.45, 2.75) is 19.1 Å². The van der Waals surface area contributed by atoms with Gasteiger partial charge < -0.3 is 19.4 Å². The Morgan fingerprint density at radius 3 is 2.23 bits per heavy atom. The molecule has 1 aromatic heterocycles. The number of carbonyl (C=O) groups excluding carboxylic acids is 2. The fourth-order valence-corrected chi connectivity index (χ4v) is 3.65. The number of nitrogens with one attached hydrogen (secondary N) is 1. The molecule has 0 radical (unpaired) electrons. The topological polar surface area (TPSA) is 71.8 Å². The van der Waals surface area contributed by atoms with Crippen molar-refractivity contribution >= 4 is 11.8 Å². The average molecular weight is 473 g/mol. The van der Waals surface area contributed by atoms with Crippen molar-refractivity contribution in [1.82, 2.24) is 10.2 Å². The van der Waals surface area contributed by atoms with E-state index in [1.807, 2.05) is 36.4 Å². The minimum atomic E-state index is -0.942. The zero-order valence-corrected chi connectivity index (χ0v) is 19.0. The molecule has 35 heavy (non-hydrogen) atoms. The van der Waals surface area contributed by atoms with Crippen molar-refractivity contribution in [1.29, 1.82) is 0 Å². The normalized spacial score (nSPS) is 11.5. The summed E-state index contributed by atoms with van der Waals surface area (Å²) in [6, 6.07) is 26.4. The van der Waals surface area contributed by atoms with Crippen molar-refractivity contribution in [2.75, 3.05) is 6.61 Å². The molecule has 0 saturated carbocycles. The number of rotatable bonds is 10. The molecule has 2 amide bonds. The predicted octanol–water partition coefficient (Wildman–Crippen LogP) is 4.88. The van der Waals surface area contributed by atoms with Crippen LogP contribution in [-0.4, -0.2) is 23.3 Å². The van der Waals surface area contributed by atoms with Gasteiger partial charge in [-0.2, -0.15) is 0 Å². The van der Waals surface area contributed by atoms with Crippen LogP contribution in [-0.2, 0) is 22.7 Å². The number of ether oxygens (including phenoxy) is 1. The zero-order valence-electron chi connectivity index (χ0n) is 19.0. The van der Waals surface area contributed by atoms with Crippen LogP contribution in [0.3, 0.4) is 0 Å². The summed E-state index contributed by atoms with van der Waals surface area (Å²) in [5, 5.41) is 2.86. The third kappa shape index (κ3) is 6.57. The van der Waals surface area contributed by atoms with Crippen LogP contribution in [0, 0.1) is 5.82 Å². The molecule has 1 heterocycles. The second kappa shape index (κ2) is 11.7. The molecule has 0 fully saturated rings. The molecule has 178 valence electrons. The maximum atomic E-state index is 13.5. The molecule has 6 nitrogen and oxygen atoms in total. The Hall–Kier alpha value is -4.39. The number of amides is 2. The minimum absolute atomic E-state index is 0.0883. The smallest absolute Gasteiger partial charge is 0.261 e. The van der Waals surface area contributed by atoms with E-state index in [0.29, 0.717) is 22.6 Å². The van der Waals surface area contributed by atoms with Gasteiger partial charge in [-0.25, -0.2) is 4.39 Å². The Balaban J connectivity index is 1.62. The van der Waals surface area contributed by atoms with Crippen LogP contribution in [0.5, 0.6) is 5.75 Å². The van der Waals surface area contributed by atoms with Crippen molar-refractivity contribution in [2.24, 2.45) is 0 Å². The maximum absolute atomic E-state index is 13.5. The van der Waals surface area contributed by atoms with Crippen LogP contribution in [0.15, 0.2) is 108 Å². The van der Waals surface area contributed by atoms with Crippen molar-refractivity contribution < 1.29 is 23.1 Å². The van der Waals surface area contributed by atoms with Crippen LogP contribution < -0.4 is 10.1 Å². The van der Waals surface area contributed by atoms with Crippen LogP contribution >= 0.6 is 0 Å². The molecule has 0 bridgehead atoms. The molecule has 0 aliphatic rings. The summed E-state index contributed by atoms with van der Waals surface area (Å²) >= 11 is 0. The van der Waals surface area contributed by atoms with E-state index in [-0.39, 0.29) is 37.3 Å². The summed E-state index contributed by atoms with van der Waals surface area (Å²) in [6.07, 6.45) is 1.53. The average Bonchev–Trinajstić information content (AvgIpc) is 3.42. The van der Waals surface area contributed by atoms with Gasteiger partial charge in [0.05, 0.1) is 12.8 Å². The molecule has 1 N–H and O–H groups in total. The highest BCUT2D eigenvalue weighted by atomic mass is 19.1. The second-order valence-electron chi connectivity index (χ2n) is 7.86. The Morgan fingerprint density at radius 1 is 0.886 bits per heavy atom. The van der Waals surface area contributed by atoms with Crippen LogP contribution in [0.2, 0.25) is 0 Å². The molecule has 0 unspecified atom stereocenters. The zero-order chi connectivity index (χ0) is 24.5. The van der Waals surface area contributed by atoms with Gasteiger partial charge in [0.15, 0.2) is 6.61 Å². The van der Waals surface area contributed by atoms with Crippen molar-refractivity contribution in [3.63, 3.8) is 0 Å². The van der Waals surface area contributed by atoms with Gasteiger partial charge in [-0.3, -0.25) is 9.59 Å². The number of carbonyl (C=O) groups is 2. The van der Waals surface area contributed by atoms with Gasteiger partial charge in [0, 0.05) is 6.54 Å². The minimum Gasteiger partial charge on any atom is -0.484 e. The summed E-state index contributed by atoms with van der Waals surface area (Å²) < 4.78 is 24.5. The largest absolute Gasteiger partial charge is 0.484 e. The summed E-state index contributed by atoms with van der Waals surface area (Å²) in [6.45, 7) is -0.000732. The van der Waals surface area contributed by atoms with E-state index in [1.165, 1.54) is 23.3 Å². The molecule has 4 aromatic rings. The summed E-state index contributed by atoms with van der Waals surface area (Å²) in [7, 11) is 0. The molecular weight excluding hydrogens is 447 g/mol. The molecule has 1 atom stereocenters. The van der Waals surface area contributed by atoms with Gasteiger partial charge in [-0.05, 0) is 47.5 Å². The highest BCUT2D eigenvalue weighted by Crippen LogP contribution is 2.25. The molecule has 0 saturated heterocycles. The first-order chi connectivity index (χ1) is 17.1. The van der Waals surface area contributed by atoms with E-state index in [1.54, 1.807) is 48.5 Å². The van der Waals surface area contributed by atoms with Crippen LogP contribution in [0.4, 0.5) is 4.39 Å². The Kier molecular flexibility index (Phi) is 7.91. The Labute approximate surface area is 202 Å². The fraction of sp³-hybridized carbons (Fsp3) is 0.143. The lowest BCUT2D eigenvalue weighted by Gasteiger charge is -2.31. The van der Waals surface area contributed by atoms with E-state index in [4.69, 9.17) is 9.15 Å². The van der Waals surface area contributed by atoms with E-state index in [2.05, 4.69) is 5.32 Å². The molecular formula is C28H25FN2O4. The van der Waals surface area contributed by atoms with Gasteiger partial charge in [-0.15, -0.1) is 0 Å². The third-order valence-electron chi connectivity index (χ3n) is 5.38. The standard InChI is InChI=1S/C28H25FN2O4/c29-23-15-13-21(14-16-23)19-31(26(32)20-35-24-10-5-2-6-11-24)27(22-8-3-1-4-9-22)28(33)30-18-25-12-7-17-34-25/h1-17,27H,18-20H2,(H,30,33)/t27-/m0/s1. The fourth-order valence-electron chi connectivity index (χ4n) is 3.65. The quantitative estimate of drug-likeness (QED) is 0.357. The molecule has 0 aliphatic heterocycles. The van der Waals surface area contributed by atoms with Crippen molar-refractivity contribution in [3.05, 3.63) is 126 Å².